The number of nitrogens with zero attached hydrogens (tertiary/aromatic N) is 1. The Bertz CT molecular complexity index is 585. The Kier molecular flexibility index (Phi) is 3.48. The van der Waals surface area contributed by atoms with Crippen molar-refractivity contribution in [3.63, 3.8) is 0 Å². The molecule has 0 amide bonds. The standard InChI is InChI=1S/C16H19BrN2/c1-2-16(8-4-9-16)11-19-15-13-5-3-6-14(17)12(13)7-10-18-15/h3,5-7,10H,2,4,8-9,11H2,1H3,(H,18,19). The topological polar surface area (TPSA) is 24.9 Å². The van der Waals surface area contributed by atoms with Crippen LogP contribution in [0.5, 0.6) is 0 Å². The summed E-state index contributed by atoms with van der Waals surface area (Å²) in [6.07, 6.45) is 7.23. The van der Waals surface area contributed by atoms with E-state index in [1.807, 2.05) is 6.20 Å². The highest BCUT2D eigenvalue weighted by atomic mass is 79.9. The summed E-state index contributed by atoms with van der Waals surface area (Å²) in [6.45, 7) is 3.34. The SMILES string of the molecule is CCC1(CNc2nccc3c(Br)cccc23)CCC1. The van der Waals surface area contributed by atoms with Crippen LogP contribution in [-0.4, -0.2) is 11.5 Å². The van der Waals surface area contributed by atoms with Gasteiger partial charge in [0.1, 0.15) is 5.82 Å². The molecule has 1 aliphatic rings. The highest BCUT2D eigenvalue weighted by molar-refractivity contribution is 9.10. The summed E-state index contributed by atoms with van der Waals surface area (Å²) in [7, 11) is 0. The van der Waals surface area contributed by atoms with E-state index in [0.29, 0.717) is 5.41 Å². The highest BCUT2D eigenvalue weighted by Gasteiger charge is 2.34. The number of rotatable bonds is 4. The molecule has 1 aromatic heterocycles. The zero-order valence-electron chi connectivity index (χ0n) is 11.2. The lowest BCUT2D eigenvalue weighted by Gasteiger charge is -2.41. The molecule has 1 aromatic carbocycles. The quantitative estimate of drug-likeness (QED) is 0.859. The molecule has 1 fully saturated rings. The van der Waals surface area contributed by atoms with Crippen LogP contribution in [0.2, 0.25) is 0 Å². The summed E-state index contributed by atoms with van der Waals surface area (Å²) >= 11 is 3.60. The van der Waals surface area contributed by atoms with Gasteiger partial charge in [-0.15, -0.1) is 0 Å². The zero-order chi connectivity index (χ0) is 13.3. The maximum atomic E-state index is 4.51. The molecule has 2 nitrogen and oxygen atoms in total. The number of benzene rings is 1. The smallest absolute Gasteiger partial charge is 0.133 e. The van der Waals surface area contributed by atoms with Crippen LogP contribution in [0, 0.1) is 5.41 Å². The fourth-order valence-electron chi connectivity index (χ4n) is 2.91. The lowest BCUT2D eigenvalue weighted by Crippen LogP contribution is -2.36. The molecule has 1 heterocycles. The Morgan fingerprint density at radius 3 is 2.79 bits per heavy atom. The molecule has 0 spiro atoms. The minimum Gasteiger partial charge on any atom is -0.369 e. The lowest BCUT2D eigenvalue weighted by atomic mass is 9.67. The summed E-state index contributed by atoms with van der Waals surface area (Å²) in [5.41, 5.74) is 0.510. The largest absolute Gasteiger partial charge is 0.369 e. The first-order valence-corrected chi connectivity index (χ1v) is 7.80. The Balaban J connectivity index is 1.87. The first-order valence-electron chi connectivity index (χ1n) is 7.01. The van der Waals surface area contributed by atoms with Crippen LogP contribution in [0.25, 0.3) is 10.8 Å². The van der Waals surface area contributed by atoms with Crippen LogP contribution < -0.4 is 5.32 Å². The molecule has 0 saturated heterocycles. The molecular formula is C16H19BrN2. The molecule has 0 bridgehead atoms. The second kappa shape index (κ2) is 5.12. The fraction of sp³-hybridized carbons (Fsp3) is 0.438. The molecule has 1 saturated carbocycles. The van der Waals surface area contributed by atoms with Gasteiger partial charge in [-0.1, -0.05) is 41.4 Å². The summed E-state index contributed by atoms with van der Waals surface area (Å²) in [4.78, 5) is 4.51. The average Bonchev–Trinajstić information content (AvgIpc) is 2.39. The van der Waals surface area contributed by atoms with Gasteiger partial charge < -0.3 is 5.32 Å². The molecule has 100 valence electrons. The summed E-state index contributed by atoms with van der Waals surface area (Å²) < 4.78 is 1.13. The molecule has 19 heavy (non-hydrogen) atoms. The Labute approximate surface area is 122 Å². The lowest BCUT2D eigenvalue weighted by molar-refractivity contribution is 0.145. The third kappa shape index (κ3) is 2.36. The van der Waals surface area contributed by atoms with Gasteiger partial charge in [-0.3, -0.25) is 0 Å². The number of anilines is 1. The number of fused-ring (bicyclic) bond motifs is 1. The molecular weight excluding hydrogens is 300 g/mol. The molecule has 2 aromatic rings. The molecule has 0 atom stereocenters. The van der Waals surface area contributed by atoms with Crippen molar-refractivity contribution in [3.8, 4) is 0 Å². The van der Waals surface area contributed by atoms with Crippen LogP contribution >= 0.6 is 15.9 Å². The number of hydrogen-bond acceptors (Lipinski definition) is 2. The van der Waals surface area contributed by atoms with Gasteiger partial charge in [0, 0.05) is 28.0 Å². The van der Waals surface area contributed by atoms with Crippen LogP contribution in [0.3, 0.4) is 0 Å². The van der Waals surface area contributed by atoms with Gasteiger partial charge in [-0.05, 0) is 36.8 Å². The van der Waals surface area contributed by atoms with Gasteiger partial charge in [0.15, 0.2) is 0 Å². The van der Waals surface area contributed by atoms with Crippen LogP contribution in [0.1, 0.15) is 32.6 Å². The maximum Gasteiger partial charge on any atom is 0.133 e. The van der Waals surface area contributed by atoms with Gasteiger partial charge in [0.2, 0.25) is 0 Å². The van der Waals surface area contributed by atoms with Gasteiger partial charge >= 0.3 is 0 Å². The van der Waals surface area contributed by atoms with E-state index < -0.39 is 0 Å². The van der Waals surface area contributed by atoms with Crippen LogP contribution in [0.4, 0.5) is 5.82 Å². The minimum atomic E-state index is 0.510. The van der Waals surface area contributed by atoms with Crippen molar-refractivity contribution in [1.29, 1.82) is 0 Å². The number of pyridine rings is 1. The highest BCUT2D eigenvalue weighted by Crippen LogP contribution is 2.43. The molecule has 0 unspecified atom stereocenters. The summed E-state index contributed by atoms with van der Waals surface area (Å²) in [6, 6.07) is 8.34. The Morgan fingerprint density at radius 2 is 2.11 bits per heavy atom. The molecule has 1 aliphatic carbocycles. The van der Waals surface area contributed by atoms with Crippen molar-refractivity contribution in [2.45, 2.75) is 32.6 Å². The van der Waals surface area contributed by atoms with Gasteiger partial charge in [0.05, 0.1) is 0 Å². The fourth-order valence-corrected chi connectivity index (χ4v) is 3.41. The van der Waals surface area contributed by atoms with E-state index in [2.05, 4.69) is 57.4 Å². The number of halogens is 1. The predicted molar refractivity (Wildman–Crippen MR) is 84.5 cm³/mol. The Hall–Kier alpha value is -1.09. The first-order chi connectivity index (χ1) is 9.24. The van der Waals surface area contributed by atoms with E-state index in [9.17, 15) is 0 Å². The molecule has 1 N–H and O–H groups in total. The second-order valence-electron chi connectivity index (χ2n) is 5.56. The molecule has 3 rings (SSSR count). The predicted octanol–water partition coefficient (Wildman–Crippen LogP) is 4.99. The summed E-state index contributed by atoms with van der Waals surface area (Å²) in [5.74, 6) is 1.01. The monoisotopic (exact) mass is 318 g/mol. The van der Waals surface area contributed by atoms with Crippen LogP contribution in [-0.2, 0) is 0 Å². The van der Waals surface area contributed by atoms with Crippen LogP contribution in [0.15, 0.2) is 34.9 Å². The number of nitrogens with one attached hydrogen (secondary N) is 1. The number of hydrogen-bond donors (Lipinski definition) is 1. The maximum absolute atomic E-state index is 4.51. The Morgan fingerprint density at radius 1 is 1.26 bits per heavy atom. The van der Waals surface area contributed by atoms with Crippen molar-refractivity contribution in [3.05, 3.63) is 34.9 Å². The molecule has 3 heteroatoms. The molecule has 0 aliphatic heterocycles. The third-order valence-corrected chi connectivity index (χ3v) is 5.24. The third-order valence-electron chi connectivity index (χ3n) is 4.55. The van der Waals surface area contributed by atoms with Gasteiger partial charge in [0.25, 0.3) is 0 Å². The normalized spacial score (nSPS) is 17.2. The van der Waals surface area contributed by atoms with E-state index >= 15 is 0 Å². The summed E-state index contributed by atoms with van der Waals surface area (Å²) in [5, 5.41) is 5.99. The zero-order valence-corrected chi connectivity index (χ0v) is 12.8. The van der Waals surface area contributed by atoms with E-state index in [-0.39, 0.29) is 0 Å². The van der Waals surface area contributed by atoms with Crippen molar-refractivity contribution in [2.75, 3.05) is 11.9 Å². The van der Waals surface area contributed by atoms with Crippen molar-refractivity contribution >= 4 is 32.5 Å². The van der Waals surface area contributed by atoms with E-state index in [0.717, 1.165) is 16.8 Å². The molecule has 0 radical (unpaired) electrons. The van der Waals surface area contributed by atoms with E-state index in [1.54, 1.807) is 0 Å². The minimum absolute atomic E-state index is 0.510. The van der Waals surface area contributed by atoms with Gasteiger partial charge in [-0.25, -0.2) is 4.98 Å². The van der Waals surface area contributed by atoms with Gasteiger partial charge in [-0.2, -0.15) is 0 Å². The van der Waals surface area contributed by atoms with Crippen molar-refractivity contribution in [2.24, 2.45) is 5.41 Å². The average molecular weight is 319 g/mol. The van der Waals surface area contributed by atoms with E-state index in [1.165, 1.54) is 36.5 Å². The van der Waals surface area contributed by atoms with Crippen molar-refractivity contribution < 1.29 is 0 Å². The van der Waals surface area contributed by atoms with E-state index in [4.69, 9.17) is 0 Å². The second-order valence-corrected chi connectivity index (χ2v) is 6.41. The number of aromatic nitrogens is 1. The van der Waals surface area contributed by atoms with Crippen molar-refractivity contribution in [1.82, 2.24) is 4.98 Å². The first kappa shape index (κ1) is 12.9.